The first-order valence-corrected chi connectivity index (χ1v) is 3.98. The summed E-state index contributed by atoms with van der Waals surface area (Å²) in [6.07, 6.45) is 0. The minimum Gasteiger partial charge on any atom is -0.478 e. The molecule has 0 aromatic heterocycles. The molecule has 0 saturated carbocycles. The molecule has 0 spiro atoms. The van der Waals surface area contributed by atoms with Crippen molar-refractivity contribution in [2.45, 2.75) is 0 Å². The van der Waals surface area contributed by atoms with Crippen molar-refractivity contribution in [2.75, 3.05) is 0 Å². The van der Waals surface area contributed by atoms with Gasteiger partial charge in [-0.2, -0.15) is 5.26 Å². The van der Waals surface area contributed by atoms with Crippen molar-refractivity contribution in [2.24, 2.45) is 0 Å². The van der Waals surface area contributed by atoms with E-state index in [-0.39, 0.29) is 10.0 Å². The molecule has 0 fully saturated rings. The molecule has 0 bridgehead atoms. The second kappa shape index (κ2) is 3.54. The largest absolute Gasteiger partial charge is 0.478 e. The van der Waals surface area contributed by atoms with E-state index in [1.165, 1.54) is 0 Å². The Labute approximate surface area is 81.5 Å². The zero-order chi connectivity index (χ0) is 10.0. The average molecular weight is 244 g/mol. The van der Waals surface area contributed by atoms with Gasteiger partial charge in [-0.1, -0.05) is 0 Å². The lowest BCUT2D eigenvalue weighted by Crippen LogP contribution is -2.01. The first-order valence-electron chi connectivity index (χ1n) is 3.18. The average Bonchev–Trinajstić information content (AvgIpc) is 2.07. The van der Waals surface area contributed by atoms with Gasteiger partial charge in [-0.25, -0.2) is 9.18 Å². The molecule has 0 aliphatic rings. The number of carbonyl (C=O) groups is 1. The number of nitriles is 1. The lowest BCUT2D eigenvalue weighted by atomic mass is 10.1. The Kier molecular flexibility index (Phi) is 2.63. The molecule has 0 saturated heterocycles. The summed E-state index contributed by atoms with van der Waals surface area (Å²) in [5, 5.41) is 17.0. The Morgan fingerprint density at radius 2 is 2.23 bits per heavy atom. The van der Waals surface area contributed by atoms with Gasteiger partial charge in [-0.05, 0) is 28.1 Å². The summed E-state index contributed by atoms with van der Waals surface area (Å²) in [5.74, 6) is -2.27. The van der Waals surface area contributed by atoms with Crippen molar-refractivity contribution < 1.29 is 14.3 Å². The molecule has 0 heterocycles. The Balaban J connectivity index is 3.39. The third kappa shape index (κ3) is 1.84. The number of hydrogen-bond acceptors (Lipinski definition) is 2. The van der Waals surface area contributed by atoms with Crippen LogP contribution in [0.15, 0.2) is 16.6 Å². The minimum atomic E-state index is -1.36. The highest BCUT2D eigenvalue weighted by atomic mass is 79.9. The third-order valence-electron chi connectivity index (χ3n) is 1.41. The molecule has 0 unspecified atom stereocenters. The summed E-state index contributed by atoms with van der Waals surface area (Å²) < 4.78 is 13.2. The van der Waals surface area contributed by atoms with Gasteiger partial charge >= 0.3 is 5.97 Å². The van der Waals surface area contributed by atoms with E-state index in [1.807, 2.05) is 0 Å². The fourth-order valence-corrected chi connectivity index (χ4v) is 1.23. The maximum absolute atomic E-state index is 12.9. The summed E-state index contributed by atoms with van der Waals surface area (Å²) >= 11 is 2.96. The van der Waals surface area contributed by atoms with Gasteiger partial charge in [0.1, 0.15) is 11.9 Å². The van der Waals surface area contributed by atoms with Crippen LogP contribution in [-0.4, -0.2) is 11.1 Å². The van der Waals surface area contributed by atoms with E-state index in [1.54, 1.807) is 6.07 Å². The summed E-state index contributed by atoms with van der Waals surface area (Å²) in [5.41, 5.74) is -0.381. The highest BCUT2D eigenvalue weighted by Gasteiger charge is 2.13. The molecule has 3 nitrogen and oxygen atoms in total. The first-order chi connectivity index (χ1) is 6.06. The third-order valence-corrected chi connectivity index (χ3v) is 2.06. The molecule has 0 atom stereocenters. The molecule has 0 aliphatic carbocycles. The number of aromatic carboxylic acids is 1. The molecule has 5 heteroatoms. The van der Waals surface area contributed by atoms with Gasteiger partial charge in [0.05, 0.1) is 11.1 Å². The van der Waals surface area contributed by atoms with Crippen molar-refractivity contribution in [3.63, 3.8) is 0 Å². The predicted octanol–water partition coefficient (Wildman–Crippen LogP) is 2.16. The maximum atomic E-state index is 12.9. The van der Waals surface area contributed by atoms with E-state index in [2.05, 4.69) is 15.9 Å². The van der Waals surface area contributed by atoms with Gasteiger partial charge in [-0.3, -0.25) is 0 Å². The monoisotopic (exact) mass is 243 g/mol. The molecular formula is C8H3BrFNO2. The van der Waals surface area contributed by atoms with E-state index in [0.29, 0.717) is 0 Å². The second-order valence-corrected chi connectivity index (χ2v) is 3.08. The second-order valence-electron chi connectivity index (χ2n) is 2.23. The lowest BCUT2D eigenvalue weighted by Gasteiger charge is -1.99. The zero-order valence-electron chi connectivity index (χ0n) is 6.21. The molecule has 0 radical (unpaired) electrons. The minimum absolute atomic E-state index is 0.0718. The first kappa shape index (κ1) is 9.68. The number of halogens is 2. The van der Waals surface area contributed by atoms with Crippen molar-refractivity contribution in [1.82, 2.24) is 0 Å². The van der Waals surface area contributed by atoms with Crippen molar-refractivity contribution >= 4 is 21.9 Å². The molecule has 1 aromatic rings. The number of carboxylic acids is 1. The molecule has 66 valence electrons. The number of rotatable bonds is 1. The van der Waals surface area contributed by atoms with E-state index < -0.39 is 17.3 Å². The van der Waals surface area contributed by atoms with E-state index in [0.717, 1.165) is 12.1 Å². The van der Waals surface area contributed by atoms with Gasteiger partial charge < -0.3 is 5.11 Å². The van der Waals surface area contributed by atoms with Crippen LogP contribution in [0.4, 0.5) is 4.39 Å². The summed E-state index contributed by atoms with van der Waals surface area (Å²) in [6, 6.07) is 3.67. The molecular weight excluding hydrogens is 241 g/mol. The SMILES string of the molecule is N#Cc1cc(F)c(C(=O)O)cc1Br. The standard InChI is InChI=1S/C8H3BrFNO2/c9-6-2-5(8(12)13)7(10)1-4(6)3-11/h1-2H,(H,12,13). The molecule has 0 amide bonds. The van der Waals surface area contributed by atoms with Crippen LogP contribution < -0.4 is 0 Å². The van der Waals surface area contributed by atoms with Crippen molar-refractivity contribution in [1.29, 1.82) is 5.26 Å². The van der Waals surface area contributed by atoms with Crippen molar-refractivity contribution in [3.8, 4) is 6.07 Å². The quantitative estimate of drug-likeness (QED) is 0.823. The van der Waals surface area contributed by atoms with Crippen molar-refractivity contribution in [3.05, 3.63) is 33.5 Å². The van der Waals surface area contributed by atoms with Gasteiger partial charge in [0.25, 0.3) is 0 Å². The summed E-state index contributed by atoms with van der Waals surface area (Å²) in [6.45, 7) is 0. The van der Waals surface area contributed by atoms with Crippen LogP contribution in [0.1, 0.15) is 15.9 Å². The summed E-state index contributed by atoms with van der Waals surface area (Å²) in [7, 11) is 0. The van der Waals surface area contributed by atoms with Crippen LogP contribution in [0.3, 0.4) is 0 Å². The number of nitrogens with zero attached hydrogens (tertiary/aromatic N) is 1. The summed E-state index contributed by atoms with van der Waals surface area (Å²) in [4.78, 5) is 10.4. The molecule has 0 aliphatic heterocycles. The Bertz CT molecular complexity index is 411. The van der Waals surface area contributed by atoms with Crippen LogP contribution in [0.5, 0.6) is 0 Å². The highest BCUT2D eigenvalue weighted by molar-refractivity contribution is 9.10. The molecule has 13 heavy (non-hydrogen) atoms. The van der Waals surface area contributed by atoms with Gasteiger partial charge in [-0.15, -0.1) is 0 Å². The van der Waals surface area contributed by atoms with Gasteiger partial charge in [0.2, 0.25) is 0 Å². The van der Waals surface area contributed by atoms with Crippen LogP contribution in [0.2, 0.25) is 0 Å². The van der Waals surface area contributed by atoms with E-state index >= 15 is 0 Å². The Morgan fingerprint density at radius 3 is 2.69 bits per heavy atom. The zero-order valence-corrected chi connectivity index (χ0v) is 7.80. The van der Waals surface area contributed by atoms with E-state index in [4.69, 9.17) is 10.4 Å². The fraction of sp³-hybridized carbons (Fsp3) is 0. The normalized spacial score (nSPS) is 9.31. The number of hydrogen-bond donors (Lipinski definition) is 1. The number of benzene rings is 1. The maximum Gasteiger partial charge on any atom is 0.338 e. The molecule has 1 aromatic carbocycles. The number of carboxylic acid groups (broad SMARTS) is 1. The smallest absolute Gasteiger partial charge is 0.338 e. The van der Waals surface area contributed by atoms with E-state index in [9.17, 15) is 9.18 Å². The van der Waals surface area contributed by atoms with Crippen LogP contribution in [0, 0.1) is 17.1 Å². The van der Waals surface area contributed by atoms with Crippen LogP contribution in [0.25, 0.3) is 0 Å². The molecule has 1 rings (SSSR count). The Hall–Kier alpha value is -1.41. The van der Waals surface area contributed by atoms with Gasteiger partial charge in [0, 0.05) is 4.47 Å². The predicted molar refractivity (Wildman–Crippen MR) is 45.8 cm³/mol. The van der Waals surface area contributed by atoms with Crippen LogP contribution >= 0.6 is 15.9 Å². The highest BCUT2D eigenvalue weighted by Crippen LogP contribution is 2.20. The van der Waals surface area contributed by atoms with Crippen LogP contribution in [-0.2, 0) is 0 Å². The Morgan fingerprint density at radius 1 is 1.62 bits per heavy atom. The van der Waals surface area contributed by atoms with Gasteiger partial charge in [0.15, 0.2) is 0 Å². The fourth-order valence-electron chi connectivity index (χ4n) is 0.796. The molecule has 1 N–H and O–H groups in total. The lowest BCUT2D eigenvalue weighted by molar-refractivity contribution is 0.0692. The topological polar surface area (TPSA) is 61.1 Å².